The number of benzene rings is 1. The molecule has 2 aliphatic heterocycles. The summed E-state index contributed by atoms with van der Waals surface area (Å²) in [6.07, 6.45) is 0.910. The van der Waals surface area contributed by atoms with Crippen LogP contribution in [0.2, 0.25) is 0 Å². The van der Waals surface area contributed by atoms with E-state index in [9.17, 15) is 31.2 Å². The van der Waals surface area contributed by atoms with Gasteiger partial charge in [0, 0.05) is 30.6 Å². The Morgan fingerprint density at radius 2 is 1.72 bits per heavy atom. The molecule has 2 bridgehead atoms. The van der Waals surface area contributed by atoms with Crippen molar-refractivity contribution in [1.82, 2.24) is 15.6 Å². The highest BCUT2D eigenvalue weighted by atomic mass is 32.2. The summed E-state index contributed by atoms with van der Waals surface area (Å²) in [5.74, 6) is -0.479. The largest absolute Gasteiger partial charge is 0.477 e. The van der Waals surface area contributed by atoms with E-state index in [2.05, 4.69) is 15.2 Å². The lowest BCUT2D eigenvalue weighted by atomic mass is 9.96. The van der Waals surface area contributed by atoms with E-state index in [1.165, 1.54) is 24.4 Å². The highest BCUT2D eigenvalue weighted by Crippen LogP contribution is 2.39. The minimum Gasteiger partial charge on any atom is -0.477 e. The Hall–Kier alpha value is -3.35. The first-order chi connectivity index (χ1) is 18.1. The Kier molecular flexibility index (Phi) is 7.84. The molecule has 2 fully saturated rings. The fourth-order valence-corrected chi connectivity index (χ4v) is 5.95. The van der Waals surface area contributed by atoms with E-state index in [0.717, 1.165) is 19.1 Å². The van der Waals surface area contributed by atoms with Gasteiger partial charge in [-0.05, 0) is 63.8 Å². The third kappa shape index (κ3) is 6.81. The maximum atomic E-state index is 13.2. The number of carbonyl (C=O) groups excluding carboxylic acids is 2. The van der Waals surface area contributed by atoms with Crippen molar-refractivity contribution in [3.63, 3.8) is 0 Å². The zero-order valence-corrected chi connectivity index (χ0v) is 22.6. The third-order valence-electron chi connectivity index (χ3n) is 6.95. The van der Waals surface area contributed by atoms with Gasteiger partial charge >= 0.3 is 6.18 Å². The van der Waals surface area contributed by atoms with Crippen LogP contribution in [0.15, 0.2) is 47.5 Å². The van der Waals surface area contributed by atoms with E-state index in [-0.39, 0.29) is 40.2 Å². The first kappa shape index (κ1) is 28.7. The molecule has 2 aromatic rings. The number of halogens is 3. The monoisotopic (exact) mass is 568 g/mol. The first-order valence-electron chi connectivity index (χ1n) is 12.5. The molecule has 2 amide bonds. The number of carbonyl (C=O) groups is 2. The molecule has 2 aliphatic rings. The molecule has 0 spiro atoms. The molecule has 2 saturated heterocycles. The molecular weight excluding hydrogens is 537 g/mol. The van der Waals surface area contributed by atoms with Crippen molar-refractivity contribution in [2.45, 2.75) is 74.3 Å². The number of ether oxygens (including phenoxy) is 1. The molecule has 13 heteroatoms. The predicted octanol–water partition coefficient (Wildman–Crippen LogP) is 3.25. The van der Waals surface area contributed by atoms with Crippen molar-refractivity contribution in [3.8, 4) is 5.75 Å². The summed E-state index contributed by atoms with van der Waals surface area (Å²) >= 11 is 0. The molecule has 212 valence electrons. The zero-order valence-electron chi connectivity index (χ0n) is 21.8. The Labute approximate surface area is 225 Å². The smallest absolute Gasteiger partial charge is 0.405 e. The molecule has 1 unspecified atom stereocenters. The van der Waals surface area contributed by atoms with E-state index in [4.69, 9.17) is 4.74 Å². The third-order valence-corrected chi connectivity index (χ3v) is 8.09. The summed E-state index contributed by atoms with van der Waals surface area (Å²) < 4.78 is 67.2. The number of aromatic nitrogens is 1. The van der Waals surface area contributed by atoms with Crippen molar-refractivity contribution in [1.29, 1.82) is 0 Å². The van der Waals surface area contributed by atoms with Gasteiger partial charge in [-0.25, -0.2) is 13.4 Å². The van der Waals surface area contributed by atoms with E-state index >= 15 is 0 Å². The van der Waals surface area contributed by atoms with Crippen LogP contribution in [0.5, 0.6) is 5.75 Å². The Balaban J connectivity index is 1.38. The maximum Gasteiger partial charge on any atom is 0.405 e. The van der Waals surface area contributed by atoms with Crippen molar-refractivity contribution in [3.05, 3.63) is 48.2 Å². The second-order valence-corrected chi connectivity index (χ2v) is 12.5. The number of piperidine rings is 1. The molecule has 39 heavy (non-hydrogen) atoms. The van der Waals surface area contributed by atoms with E-state index < -0.39 is 34.1 Å². The van der Waals surface area contributed by atoms with Crippen LogP contribution in [0.25, 0.3) is 0 Å². The maximum absolute atomic E-state index is 13.2. The fourth-order valence-electron chi connectivity index (χ4n) is 5.15. The molecule has 0 aliphatic carbocycles. The van der Waals surface area contributed by atoms with Gasteiger partial charge in [0.25, 0.3) is 11.8 Å². The van der Waals surface area contributed by atoms with Gasteiger partial charge in [-0.2, -0.15) is 13.2 Å². The van der Waals surface area contributed by atoms with E-state index in [1.807, 2.05) is 5.32 Å². The number of rotatable bonds is 8. The molecule has 4 rings (SSSR count). The van der Waals surface area contributed by atoms with E-state index in [0.29, 0.717) is 18.7 Å². The lowest BCUT2D eigenvalue weighted by Gasteiger charge is -2.40. The standard InChI is InChI=1S/C26H31F3N4O5S/c1-25(2,38-20-6-4-5-7-21(20)39(3,36)37)24(35)32-17-12-18-9-10-19(13-17)33(18)22-11-8-16(14-30-22)23(34)31-15-26(27,28)29/h4-8,11,14,17-19H,9-10,12-13,15H2,1-3H3,(H,31,34)(H,32,35)/t17?,18-,19+. The Morgan fingerprint density at radius 3 is 2.28 bits per heavy atom. The highest BCUT2D eigenvalue weighted by Gasteiger charge is 2.43. The number of nitrogens with zero attached hydrogens (tertiary/aromatic N) is 2. The average Bonchev–Trinajstić information content (AvgIpc) is 3.11. The average molecular weight is 569 g/mol. The van der Waals surface area contributed by atoms with Gasteiger partial charge in [-0.15, -0.1) is 0 Å². The fraction of sp³-hybridized carbons (Fsp3) is 0.500. The van der Waals surface area contributed by atoms with Crippen molar-refractivity contribution in [2.75, 3.05) is 17.7 Å². The van der Waals surface area contributed by atoms with Gasteiger partial charge in [0.1, 0.15) is 23.0 Å². The Morgan fingerprint density at radius 1 is 1.08 bits per heavy atom. The molecule has 2 N–H and O–H groups in total. The van der Waals surface area contributed by atoms with Crippen LogP contribution in [-0.2, 0) is 14.6 Å². The van der Waals surface area contributed by atoms with Crippen LogP contribution in [-0.4, -0.2) is 67.9 Å². The number of pyridine rings is 1. The van der Waals surface area contributed by atoms with Gasteiger partial charge in [0.05, 0.1) is 5.56 Å². The van der Waals surface area contributed by atoms with Crippen LogP contribution >= 0.6 is 0 Å². The quantitative estimate of drug-likeness (QED) is 0.502. The van der Waals surface area contributed by atoms with Gasteiger partial charge in [-0.3, -0.25) is 9.59 Å². The lowest BCUT2D eigenvalue weighted by Crippen LogP contribution is -2.55. The summed E-state index contributed by atoms with van der Waals surface area (Å²) in [5, 5.41) is 4.89. The number of fused-ring (bicyclic) bond motifs is 2. The normalized spacial score (nSPS) is 21.4. The van der Waals surface area contributed by atoms with Gasteiger partial charge in [0.15, 0.2) is 15.4 Å². The van der Waals surface area contributed by atoms with Crippen molar-refractivity contribution in [2.24, 2.45) is 0 Å². The van der Waals surface area contributed by atoms with Crippen molar-refractivity contribution >= 4 is 27.5 Å². The molecule has 9 nitrogen and oxygen atoms in total. The number of anilines is 1. The number of hydrogen-bond acceptors (Lipinski definition) is 7. The van der Waals surface area contributed by atoms with Crippen LogP contribution < -0.4 is 20.3 Å². The summed E-state index contributed by atoms with van der Waals surface area (Å²) in [6.45, 7) is 1.76. The number of alkyl halides is 3. The van der Waals surface area contributed by atoms with Crippen LogP contribution in [0.1, 0.15) is 49.9 Å². The second kappa shape index (κ2) is 10.7. The van der Waals surface area contributed by atoms with Crippen LogP contribution in [0.3, 0.4) is 0 Å². The van der Waals surface area contributed by atoms with Crippen LogP contribution in [0.4, 0.5) is 19.0 Å². The number of nitrogens with one attached hydrogen (secondary N) is 2. The predicted molar refractivity (Wildman–Crippen MR) is 137 cm³/mol. The molecule has 0 radical (unpaired) electrons. The number of amides is 2. The summed E-state index contributed by atoms with van der Waals surface area (Å²) in [7, 11) is -3.55. The lowest BCUT2D eigenvalue weighted by molar-refractivity contribution is -0.135. The summed E-state index contributed by atoms with van der Waals surface area (Å²) in [6, 6.07) is 9.29. The number of sulfone groups is 1. The summed E-state index contributed by atoms with van der Waals surface area (Å²) in [5.41, 5.74) is -1.29. The Bertz CT molecular complexity index is 1320. The first-order valence-corrected chi connectivity index (χ1v) is 14.4. The van der Waals surface area contributed by atoms with Gasteiger partial charge in [0.2, 0.25) is 0 Å². The highest BCUT2D eigenvalue weighted by molar-refractivity contribution is 7.90. The second-order valence-electron chi connectivity index (χ2n) is 10.5. The van der Waals surface area contributed by atoms with Crippen LogP contribution in [0, 0.1) is 0 Å². The minimum absolute atomic E-state index is 0.00794. The van der Waals surface area contributed by atoms with E-state index in [1.54, 1.807) is 32.0 Å². The number of hydrogen-bond donors (Lipinski definition) is 2. The summed E-state index contributed by atoms with van der Waals surface area (Å²) in [4.78, 5) is 31.7. The van der Waals surface area contributed by atoms with Gasteiger partial charge in [-0.1, -0.05) is 12.1 Å². The molecular formula is C26H31F3N4O5S. The molecule has 0 saturated carbocycles. The number of para-hydroxylation sites is 1. The molecule has 1 aromatic carbocycles. The molecule has 3 heterocycles. The SMILES string of the molecule is CC(C)(Oc1ccccc1S(C)(=O)=O)C(=O)NC1C[C@H]2CC[C@@H](C1)N2c1ccc(C(=O)NCC(F)(F)F)cn1. The van der Waals surface area contributed by atoms with Gasteiger partial charge < -0.3 is 20.3 Å². The molecule has 3 atom stereocenters. The minimum atomic E-state index is -4.50. The molecule has 1 aromatic heterocycles. The topological polar surface area (TPSA) is 118 Å². The van der Waals surface area contributed by atoms with Crippen molar-refractivity contribution < 1.29 is 35.9 Å². The zero-order chi connectivity index (χ0) is 28.6.